The molecular formula is C43H32. The Labute approximate surface area is 253 Å². The van der Waals surface area contributed by atoms with Gasteiger partial charge in [-0.05, 0) is 101 Å². The Hall–Kier alpha value is -5.20. The summed E-state index contributed by atoms with van der Waals surface area (Å²) in [6, 6.07) is 53.4. The highest BCUT2D eigenvalue weighted by Gasteiger charge is 2.35. The lowest BCUT2D eigenvalue weighted by atomic mass is 9.81. The van der Waals surface area contributed by atoms with Gasteiger partial charge >= 0.3 is 0 Å². The van der Waals surface area contributed by atoms with Crippen molar-refractivity contribution in [1.29, 1.82) is 0 Å². The van der Waals surface area contributed by atoms with Crippen LogP contribution in [0.2, 0.25) is 0 Å². The minimum Gasteiger partial charge on any atom is -0.0616 e. The lowest BCUT2D eigenvalue weighted by Gasteiger charge is -2.22. The summed E-state index contributed by atoms with van der Waals surface area (Å²) in [4.78, 5) is 0. The highest BCUT2D eigenvalue weighted by molar-refractivity contribution is 5.90. The summed E-state index contributed by atoms with van der Waals surface area (Å²) in [7, 11) is 0. The van der Waals surface area contributed by atoms with Crippen molar-refractivity contribution in [3.8, 4) is 33.4 Å². The summed E-state index contributed by atoms with van der Waals surface area (Å²) in [5.41, 5.74) is 12.9. The van der Waals surface area contributed by atoms with Crippen molar-refractivity contribution < 1.29 is 0 Å². The number of rotatable bonds is 4. The summed E-state index contributed by atoms with van der Waals surface area (Å²) >= 11 is 0. The topological polar surface area (TPSA) is 0 Å². The van der Waals surface area contributed by atoms with Gasteiger partial charge in [0.05, 0.1) is 0 Å². The first-order valence-corrected chi connectivity index (χ1v) is 15.1. The Morgan fingerprint density at radius 3 is 1.58 bits per heavy atom. The summed E-state index contributed by atoms with van der Waals surface area (Å²) in [6.07, 6.45) is 4.47. The average molecular weight is 549 g/mol. The van der Waals surface area contributed by atoms with Gasteiger partial charge in [-0.3, -0.25) is 0 Å². The van der Waals surface area contributed by atoms with E-state index in [4.69, 9.17) is 0 Å². The fraction of sp³-hybridized carbons (Fsp3) is 0.0698. The molecule has 0 nitrogen and oxygen atoms in total. The molecule has 0 aromatic heterocycles. The molecule has 0 fully saturated rings. The Kier molecular flexibility index (Phi) is 5.91. The molecule has 0 saturated heterocycles. The van der Waals surface area contributed by atoms with E-state index in [1.807, 2.05) is 0 Å². The Balaban J connectivity index is 1.11. The Morgan fingerprint density at radius 2 is 0.860 bits per heavy atom. The van der Waals surface area contributed by atoms with Crippen LogP contribution in [0.3, 0.4) is 0 Å². The maximum atomic E-state index is 2.42. The van der Waals surface area contributed by atoms with E-state index in [1.165, 1.54) is 77.2 Å². The fourth-order valence-electron chi connectivity index (χ4n) is 6.79. The first-order chi connectivity index (χ1) is 21.0. The smallest absolute Gasteiger partial charge is 0.0159 e. The van der Waals surface area contributed by atoms with Crippen LogP contribution < -0.4 is 0 Å². The van der Waals surface area contributed by atoms with Crippen molar-refractivity contribution in [3.05, 3.63) is 168 Å². The number of hydrogen-bond donors (Lipinski definition) is 0. The first kappa shape index (κ1) is 25.5. The molecule has 204 valence electrons. The van der Waals surface area contributed by atoms with E-state index in [9.17, 15) is 0 Å². The van der Waals surface area contributed by atoms with E-state index in [-0.39, 0.29) is 5.41 Å². The van der Waals surface area contributed by atoms with Gasteiger partial charge in [0, 0.05) is 5.41 Å². The van der Waals surface area contributed by atoms with E-state index in [1.54, 1.807) is 0 Å². The highest BCUT2D eigenvalue weighted by Crippen LogP contribution is 2.50. The van der Waals surface area contributed by atoms with Crippen molar-refractivity contribution in [2.45, 2.75) is 19.3 Å². The molecule has 43 heavy (non-hydrogen) atoms. The van der Waals surface area contributed by atoms with Crippen LogP contribution in [0, 0.1) is 0 Å². The molecule has 7 aromatic carbocycles. The standard InChI is InChI=1S/C43H32/c1-43(2)41-25-30(15-14-29-16-18-31-8-3-5-10-33(31)24-29)17-22-39(41)40-23-21-38(28-42(40)43)36-13-7-12-35(27-36)37-20-19-32-9-4-6-11-34(32)26-37/h3-28H,1-2H3. The third-order valence-corrected chi connectivity index (χ3v) is 9.22. The molecule has 1 aliphatic carbocycles. The SMILES string of the molecule is CC1(C)c2cc(C=Cc3ccc4ccccc4c3)ccc2-c2ccc(-c3cccc(-c4ccc5ccccc5c4)c3)cc21. The second kappa shape index (κ2) is 9.96. The quantitative estimate of drug-likeness (QED) is 0.192. The predicted molar refractivity (Wildman–Crippen MR) is 185 cm³/mol. The molecule has 0 atom stereocenters. The van der Waals surface area contributed by atoms with Crippen LogP contribution in [-0.4, -0.2) is 0 Å². The second-order valence-electron chi connectivity index (χ2n) is 12.3. The first-order valence-electron chi connectivity index (χ1n) is 15.1. The molecule has 8 rings (SSSR count). The minimum atomic E-state index is -0.0799. The molecule has 0 saturated carbocycles. The minimum absolute atomic E-state index is 0.0799. The lowest BCUT2D eigenvalue weighted by molar-refractivity contribution is 0.660. The van der Waals surface area contributed by atoms with Crippen LogP contribution in [0.4, 0.5) is 0 Å². The fourth-order valence-corrected chi connectivity index (χ4v) is 6.79. The normalized spacial score (nSPS) is 13.4. The van der Waals surface area contributed by atoms with Gasteiger partial charge in [0.15, 0.2) is 0 Å². The van der Waals surface area contributed by atoms with Gasteiger partial charge in [-0.25, -0.2) is 0 Å². The molecule has 0 heteroatoms. The highest BCUT2D eigenvalue weighted by atomic mass is 14.4. The summed E-state index contributed by atoms with van der Waals surface area (Å²) in [5.74, 6) is 0. The molecule has 0 N–H and O–H groups in total. The van der Waals surface area contributed by atoms with Gasteiger partial charge in [0.1, 0.15) is 0 Å². The molecule has 0 heterocycles. The van der Waals surface area contributed by atoms with Crippen LogP contribution >= 0.6 is 0 Å². The van der Waals surface area contributed by atoms with Gasteiger partial charge in [-0.1, -0.05) is 147 Å². The van der Waals surface area contributed by atoms with Gasteiger partial charge in [-0.15, -0.1) is 0 Å². The molecule has 0 radical (unpaired) electrons. The van der Waals surface area contributed by atoms with Crippen molar-refractivity contribution in [2.75, 3.05) is 0 Å². The zero-order valence-electron chi connectivity index (χ0n) is 24.5. The maximum absolute atomic E-state index is 2.42. The lowest BCUT2D eigenvalue weighted by Crippen LogP contribution is -2.15. The van der Waals surface area contributed by atoms with Crippen molar-refractivity contribution in [2.24, 2.45) is 0 Å². The maximum Gasteiger partial charge on any atom is 0.0159 e. The van der Waals surface area contributed by atoms with Crippen molar-refractivity contribution in [3.63, 3.8) is 0 Å². The summed E-state index contributed by atoms with van der Waals surface area (Å²) in [5, 5.41) is 5.09. The summed E-state index contributed by atoms with van der Waals surface area (Å²) in [6.45, 7) is 4.73. The molecule has 0 bridgehead atoms. The van der Waals surface area contributed by atoms with Crippen molar-refractivity contribution in [1.82, 2.24) is 0 Å². The van der Waals surface area contributed by atoms with E-state index in [0.717, 1.165) is 0 Å². The van der Waals surface area contributed by atoms with E-state index >= 15 is 0 Å². The second-order valence-corrected chi connectivity index (χ2v) is 12.3. The van der Waals surface area contributed by atoms with Crippen LogP contribution in [0.15, 0.2) is 146 Å². The van der Waals surface area contributed by atoms with Gasteiger partial charge in [0.25, 0.3) is 0 Å². The van der Waals surface area contributed by atoms with Crippen LogP contribution in [0.5, 0.6) is 0 Å². The van der Waals surface area contributed by atoms with Crippen LogP contribution in [0.1, 0.15) is 36.1 Å². The third-order valence-electron chi connectivity index (χ3n) is 9.22. The Bertz CT molecular complexity index is 2210. The van der Waals surface area contributed by atoms with Gasteiger partial charge < -0.3 is 0 Å². The predicted octanol–water partition coefficient (Wildman–Crippen LogP) is 11.8. The van der Waals surface area contributed by atoms with Crippen molar-refractivity contribution >= 4 is 33.7 Å². The summed E-state index contributed by atoms with van der Waals surface area (Å²) < 4.78 is 0. The average Bonchev–Trinajstić information content (AvgIpc) is 3.28. The molecule has 0 unspecified atom stereocenters. The van der Waals surface area contributed by atoms with Gasteiger partial charge in [-0.2, -0.15) is 0 Å². The molecule has 0 amide bonds. The largest absolute Gasteiger partial charge is 0.0616 e. The number of benzene rings is 7. The zero-order valence-corrected chi connectivity index (χ0v) is 24.5. The van der Waals surface area contributed by atoms with Gasteiger partial charge in [0.2, 0.25) is 0 Å². The Morgan fingerprint density at radius 1 is 0.372 bits per heavy atom. The molecular weight excluding hydrogens is 516 g/mol. The third kappa shape index (κ3) is 4.47. The molecule has 0 spiro atoms. The number of fused-ring (bicyclic) bond motifs is 5. The number of hydrogen-bond acceptors (Lipinski definition) is 0. The molecule has 0 aliphatic heterocycles. The molecule has 1 aliphatic rings. The molecule has 7 aromatic rings. The monoisotopic (exact) mass is 548 g/mol. The van der Waals surface area contributed by atoms with E-state index in [0.29, 0.717) is 0 Å². The van der Waals surface area contributed by atoms with Crippen LogP contribution in [0.25, 0.3) is 67.1 Å². The van der Waals surface area contributed by atoms with E-state index < -0.39 is 0 Å². The van der Waals surface area contributed by atoms with E-state index in [2.05, 4.69) is 172 Å². The zero-order chi connectivity index (χ0) is 29.0. The van der Waals surface area contributed by atoms with Crippen LogP contribution in [-0.2, 0) is 5.41 Å².